The van der Waals surface area contributed by atoms with Crippen LogP contribution in [0.15, 0.2) is 6.20 Å². The first-order valence-corrected chi connectivity index (χ1v) is 5.98. The summed E-state index contributed by atoms with van der Waals surface area (Å²) < 4.78 is 7.37. The molecule has 1 atom stereocenters. The first-order valence-electron chi connectivity index (χ1n) is 5.98. The third kappa shape index (κ3) is 2.98. The number of anilines is 1. The van der Waals surface area contributed by atoms with E-state index in [0.717, 1.165) is 24.8 Å². The fourth-order valence-corrected chi connectivity index (χ4v) is 1.88. The Labute approximate surface area is 97.0 Å². The molecule has 0 spiro atoms. The Morgan fingerprint density at radius 1 is 1.62 bits per heavy atom. The predicted molar refractivity (Wildman–Crippen MR) is 64.6 cm³/mol. The average molecular weight is 223 g/mol. The van der Waals surface area contributed by atoms with Crippen molar-refractivity contribution in [3.63, 3.8) is 0 Å². The van der Waals surface area contributed by atoms with E-state index in [1.165, 1.54) is 12.8 Å². The number of hydrogen-bond donors (Lipinski definition) is 1. The molecule has 1 saturated carbocycles. The highest BCUT2D eigenvalue weighted by atomic mass is 16.5. The molecule has 1 fully saturated rings. The molecule has 1 N–H and O–H groups in total. The van der Waals surface area contributed by atoms with Crippen molar-refractivity contribution in [2.24, 2.45) is 5.92 Å². The van der Waals surface area contributed by atoms with Gasteiger partial charge in [-0.1, -0.05) is 6.92 Å². The quantitative estimate of drug-likeness (QED) is 0.802. The molecule has 1 aromatic rings. The Hall–Kier alpha value is -1.03. The van der Waals surface area contributed by atoms with Crippen LogP contribution in [0.4, 0.5) is 5.95 Å². The lowest BCUT2D eigenvalue weighted by molar-refractivity contribution is 0.151. The minimum Gasteiger partial charge on any atom is -0.384 e. The highest BCUT2D eigenvalue weighted by molar-refractivity contribution is 5.32. The normalized spacial score (nSPS) is 17.4. The van der Waals surface area contributed by atoms with Crippen molar-refractivity contribution in [2.75, 3.05) is 19.0 Å². The number of nitrogens with one attached hydrogen (secondary N) is 1. The zero-order valence-electron chi connectivity index (χ0n) is 10.4. The van der Waals surface area contributed by atoms with E-state index < -0.39 is 0 Å². The number of aromatic nitrogens is 2. The summed E-state index contributed by atoms with van der Waals surface area (Å²) in [5, 5.41) is 3.46. The highest BCUT2D eigenvalue weighted by Gasteiger charge is 2.23. The maximum atomic E-state index is 5.16. The molecule has 0 aromatic carbocycles. The largest absolute Gasteiger partial charge is 0.384 e. The van der Waals surface area contributed by atoms with Crippen molar-refractivity contribution < 1.29 is 4.74 Å². The van der Waals surface area contributed by atoms with Crippen LogP contribution in [0.5, 0.6) is 0 Å². The summed E-state index contributed by atoms with van der Waals surface area (Å²) >= 11 is 0. The molecule has 4 heteroatoms. The van der Waals surface area contributed by atoms with Crippen molar-refractivity contribution >= 4 is 5.95 Å². The minimum atomic E-state index is 0.512. The number of rotatable bonds is 6. The van der Waals surface area contributed by atoms with Crippen molar-refractivity contribution in [2.45, 2.75) is 39.3 Å². The Kier molecular flexibility index (Phi) is 3.49. The molecule has 1 aliphatic carbocycles. The fourth-order valence-electron chi connectivity index (χ4n) is 1.88. The monoisotopic (exact) mass is 223 g/mol. The molecule has 4 nitrogen and oxygen atoms in total. The molecule has 2 rings (SSSR count). The van der Waals surface area contributed by atoms with Gasteiger partial charge in [0.2, 0.25) is 5.95 Å². The Morgan fingerprint density at radius 2 is 2.38 bits per heavy atom. The van der Waals surface area contributed by atoms with Gasteiger partial charge < -0.3 is 14.6 Å². The Bertz CT molecular complexity index is 344. The van der Waals surface area contributed by atoms with E-state index in [0.29, 0.717) is 12.0 Å². The van der Waals surface area contributed by atoms with E-state index in [1.54, 1.807) is 7.11 Å². The predicted octanol–water partition coefficient (Wildman–Crippen LogP) is 2.05. The van der Waals surface area contributed by atoms with E-state index in [-0.39, 0.29) is 0 Å². The van der Waals surface area contributed by atoms with Gasteiger partial charge in [0.15, 0.2) is 0 Å². The third-order valence-electron chi connectivity index (χ3n) is 2.77. The zero-order valence-corrected chi connectivity index (χ0v) is 10.4. The maximum Gasteiger partial charge on any atom is 0.203 e. The maximum absolute atomic E-state index is 5.16. The smallest absolute Gasteiger partial charge is 0.203 e. The number of hydrogen-bond acceptors (Lipinski definition) is 3. The molecule has 1 heterocycles. The Balaban J connectivity index is 1.99. The number of aryl methyl sites for hydroxylation is 1. The molecule has 90 valence electrons. The lowest BCUT2D eigenvalue weighted by Gasteiger charge is -2.13. The molecule has 16 heavy (non-hydrogen) atoms. The zero-order chi connectivity index (χ0) is 11.5. The first-order chi connectivity index (χ1) is 7.69. The van der Waals surface area contributed by atoms with Gasteiger partial charge in [0.05, 0.1) is 12.3 Å². The number of imidazole rings is 1. The highest BCUT2D eigenvalue weighted by Crippen LogP contribution is 2.24. The van der Waals surface area contributed by atoms with Gasteiger partial charge in [0, 0.05) is 25.9 Å². The molecule has 0 amide bonds. The summed E-state index contributed by atoms with van der Waals surface area (Å²) in [4.78, 5) is 4.52. The molecular formula is C12H21N3O. The lowest BCUT2D eigenvalue weighted by Crippen LogP contribution is -2.15. The topological polar surface area (TPSA) is 39.1 Å². The van der Waals surface area contributed by atoms with Crippen LogP contribution >= 0.6 is 0 Å². The van der Waals surface area contributed by atoms with Gasteiger partial charge in [0.1, 0.15) is 0 Å². The molecular weight excluding hydrogens is 202 g/mol. The molecule has 0 radical (unpaired) electrons. The van der Waals surface area contributed by atoms with Gasteiger partial charge in [-0.3, -0.25) is 0 Å². The number of methoxy groups -OCH3 is 1. The Morgan fingerprint density at radius 3 is 3.00 bits per heavy atom. The van der Waals surface area contributed by atoms with Crippen LogP contribution in [0.3, 0.4) is 0 Å². The second-order valence-corrected chi connectivity index (χ2v) is 4.84. The summed E-state index contributed by atoms with van der Waals surface area (Å²) in [6.07, 6.45) is 4.66. The van der Waals surface area contributed by atoms with Gasteiger partial charge in [-0.2, -0.15) is 0 Å². The molecule has 1 aliphatic rings. The summed E-state index contributed by atoms with van der Waals surface area (Å²) in [6.45, 7) is 5.99. The van der Waals surface area contributed by atoms with Crippen LogP contribution < -0.4 is 5.32 Å². The number of nitrogens with zero attached hydrogens (tertiary/aromatic N) is 2. The van der Waals surface area contributed by atoms with Crippen LogP contribution in [0.1, 0.15) is 25.5 Å². The summed E-state index contributed by atoms with van der Waals surface area (Å²) in [5.74, 6) is 1.53. The summed E-state index contributed by atoms with van der Waals surface area (Å²) in [7, 11) is 1.75. The average Bonchev–Trinajstić information content (AvgIpc) is 2.94. The van der Waals surface area contributed by atoms with Crippen LogP contribution in [0.2, 0.25) is 0 Å². The molecule has 1 aromatic heterocycles. The molecule has 0 aliphatic heterocycles. The first kappa shape index (κ1) is 11.5. The second kappa shape index (κ2) is 4.87. The minimum absolute atomic E-state index is 0.512. The van der Waals surface area contributed by atoms with E-state index in [1.807, 2.05) is 6.92 Å². The lowest BCUT2D eigenvalue weighted by atomic mass is 10.2. The summed E-state index contributed by atoms with van der Waals surface area (Å²) in [5.41, 5.74) is 1.08. The van der Waals surface area contributed by atoms with Crippen molar-refractivity contribution in [3.05, 3.63) is 11.9 Å². The van der Waals surface area contributed by atoms with Crippen molar-refractivity contribution in [1.82, 2.24) is 9.55 Å². The molecule has 1 unspecified atom stereocenters. The molecule has 0 saturated heterocycles. The van der Waals surface area contributed by atoms with Crippen LogP contribution in [0.25, 0.3) is 0 Å². The van der Waals surface area contributed by atoms with E-state index >= 15 is 0 Å². The van der Waals surface area contributed by atoms with Crippen molar-refractivity contribution in [3.8, 4) is 0 Å². The van der Waals surface area contributed by atoms with Crippen LogP contribution in [-0.4, -0.2) is 29.3 Å². The van der Waals surface area contributed by atoms with Gasteiger partial charge in [-0.25, -0.2) is 4.98 Å². The van der Waals surface area contributed by atoms with Crippen LogP contribution in [0, 0.1) is 12.8 Å². The second-order valence-electron chi connectivity index (χ2n) is 4.84. The third-order valence-corrected chi connectivity index (χ3v) is 2.77. The van der Waals surface area contributed by atoms with Crippen LogP contribution in [-0.2, 0) is 11.3 Å². The standard InChI is InChI=1S/C12H21N3O/c1-9(8-16-3)6-15-7-10(2)13-12(15)14-11-4-5-11/h7,9,11H,4-6,8H2,1-3H3,(H,13,14). The fraction of sp³-hybridized carbons (Fsp3) is 0.750. The van der Waals surface area contributed by atoms with E-state index in [9.17, 15) is 0 Å². The van der Waals surface area contributed by atoms with E-state index in [4.69, 9.17) is 4.74 Å². The van der Waals surface area contributed by atoms with Crippen molar-refractivity contribution in [1.29, 1.82) is 0 Å². The summed E-state index contributed by atoms with van der Waals surface area (Å²) in [6, 6.07) is 0.651. The van der Waals surface area contributed by atoms with E-state index in [2.05, 4.69) is 28.0 Å². The van der Waals surface area contributed by atoms with Gasteiger partial charge in [-0.05, 0) is 25.7 Å². The SMILES string of the molecule is COCC(C)Cn1cc(C)nc1NC1CC1. The number of ether oxygens (including phenoxy) is 1. The molecule has 0 bridgehead atoms. The van der Waals surface area contributed by atoms with Gasteiger partial charge in [-0.15, -0.1) is 0 Å². The van der Waals surface area contributed by atoms with Gasteiger partial charge >= 0.3 is 0 Å². The van der Waals surface area contributed by atoms with Gasteiger partial charge in [0.25, 0.3) is 0 Å².